The summed E-state index contributed by atoms with van der Waals surface area (Å²) in [6.07, 6.45) is 0. The Balaban J connectivity index is 3.99. The van der Waals surface area contributed by atoms with Crippen LogP contribution >= 0.6 is 0 Å². The highest BCUT2D eigenvalue weighted by molar-refractivity contribution is 5.09. The lowest BCUT2D eigenvalue weighted by Crippen LogP contribution is -2.18. The molecule has 0 N–H and O–H groups in total. The average Bonchev–Trinajstić information content (AvgIpc) is 1.84. The van der Waals surface area contributed by atoms with Gasteiger partial charge in [0.25, 0.3) is 0 Å². The van der Waals surface area contributed by atoms with Crippen molar-refractivity contribution in [2.75, 3.05) is 7.11 Å². The summed E-state index contributed by atoms with van der Waals surface area (Å²) in [5.74, 6) is 2.51. The Morgan fingerprint density at radius 2 is 2.11 bits per heavy atom. The van der Waals surface area contributed by atoms with Crippen molar-refractivity contribution in [1.29, 1.82) is 0 Å². The van der Waals surface area contributed by atoms with E-state index in [1.165, 1.54) is 7.11 Å². The maximum absolute atomic E-state index is 9.49. The smallest absolute Gasteiger partial charge is 0.124 e. The Hall–Kier alpha value is -0.880. The van der Waals surface area contributed by atoms with Crippen molar-refractivity contribution in [2.45, 2.75) is 19.4 Å². The van der Waals surface area contributed by atoms with Gasteiger partial charge >= 0.3 is 0 Å². The lowest BCUT2D eigenvalue weighted by molar-refractivity contribution is 0.0741. The van der Waals surface area contributed by atoms with E-state index in [4.69, 9.17) is 4.74 Å². The molecule has 0 bridgehead atoms. The minimum atomic E-state index is -0.562. The van der Waals surface area contributed by atoms with Crippen LogP contribution in [0.4, 0.5) is 0 Å². The normalized spacial score (nSPS) is 9.67. The largest absolute Gasteiger partial charge is 0.366 e. The van der Waals surface area contributed by atoms with Gasteiger partial charge in [0.2, 0.25) is 0 Å². The summed E-state index contributed by atoms with van der Waals surface area (Å²) in [5.41, 5.74) is -0.562. The van der Waals surface area contributed by atoms with E-state index in [0.29, 0.717) is 0 Å². The van der Waals surface area contributed by atoms with Gasteiger partial charge in [0, 0.05) is 12.3 Å². The molecule has 0 aromatic heterocycles. The van der Waals surface area contributed by atoms with E-state index in [9.17, 15) is 4.91 Å². The van der Waals surface area contributed by atoms with Crippen molar-refractivity contribution in [1.82, 2.24) is 0 Å². The van der Waals surface area contributed by atoms with Crippen molar-refractivity contribution in [2.24, 2.45) is 5.18 Å². The fraction of sp³-hybridized carbons (Fsp3) is 0.667. The molecular formula is C6H9NO2. The van der Waals surface area contributed by atoms with E-state index in [1.807, 2.05) is 6.04 Å². The highest BCUT2D eigenvalue weighted by Gasteiger charge is 2.10. The molecule has 3 heteroatoms. The van der Waals surface area contributed by atoms with Gasteiger partial charge in [0.1, 0.15) is 5.60 Å². The molecule has 50 valence electrons. The van der Waals surface area contributed by atoms with E-state index in [1.54, 1.807) is 13.8 Å². The Labute approximate surface area is 54.4 Å². The summed E-state index contributed by atoms with van der Waals surface area (Å²) in [4.78, 5) is 9.49. The highest BCUT2D eigenvalue weighted by Crippen LogP contribution is 2.03. The van der Waals surface area contributed by atoms with Crippen LogP contribution in [0.2, 0.25) is 0 Å². The van der Waals surface area contributed by atoms with Gasteiger partial charge in [-0.15, -0.1) is 4.91 Å². The molecule has 0 unspecified atom stereocenters. The second kappa shape index (κ2) is 3.21. The zero-order chi connectivity index (χ0) is 7.33. The molecule has 0 rings (SSSR count). The van der Waals surface area contributed by atoms with Crippen molar-refractivity contribution in [3.8, 4) is 12.0 Å². The predicted octanol–water partition coefficient (Wildman–Crippen LogP) is 1.14. The van der Waals surface area contributed by atoms with E-state index in [0.717, 1.165) is 0 Å². The molecule has 0 saturated heterocycles. The lowest BCUT2D eigenvalue weighted by Gasteiger charge is -2.13. The Bertz CT molecular complexity index is 152. The first-order valence-electron chi connectivity index (χ1n) is 2.52. The lowest BCUT2D eigenvalue weighted by atomic mass is 10.1. The summed E-state index contributed by atoms with van der Waals surface area (Å²) in [6, 6.07) is 2.03. The summed E-state index contributed by atoms with van der Waals surface area (Å²) in [7, 11) is 1.53. The van der Waals surface area contributed by atoms with Crippen molar-refractivity contribution >= 4 is 0 Å². The molecule has 0 spiro atoms. The van der Waals surface area contributed by atoms with E-state index in [-0.39, 0.29) is 0 Å². The number of hydrogen-bond donors (Lipinski definition) is 0. The van der Waals surface area contributed by atoms with Gasteiger partial charge in [-0.1, -0.05) is 0 Å². The number of hydrogen-bond acceptors (Lipinski definition) is 3. The summed E-state index contributed by atoms with van der Waals surface area (Å²) >= 11 is 0. The van der Waals surface area contributed by atoms with Gasteiger partial charge in [-0.25, -0.2) is 0 Å². The van der Waals surface area contributed by atoms with E-state index in [2.05, 4.69) is 11.1 Å². The van der Waals surface area contributed by atoms with Gasteiger partial charge < -0.3 is 4.74 Å². The first-order valence-corrected chi connectivity index (χ1v) is 2.52. The summed E-state index contributed by atoms with van der Waals surface area (Å²) in [5, 5.41) is 2.38. The summed E-state index contributed by atoms with van der Waals surface area (Å²) in [6.45, 7) is 3.51. The molecule has 0 amide bonds. The average molecular weight is 127 g/mol. The molecular weight excluding hydrogens is 118 g/mol. The molecule has 0 atom stereocenters. The van der Waals surface area contributed by atoms with Crippen LogP contribution in [0.1, 0.15) is 13.8 Å². The van der Waals surface area contributed by atoms with E-state index < -0.39 is 5.60 Å². The van der Waals surface area contributed by atoms with E-state index >= 15 is 0 Å². The topological polar surface area (TPSA) is 38.7 Å². The zero-order valence-electron chi connectivity index (χ0n) is 5.76. The molecule has 0 aliphatic carbocycles. The van der Waals surface area contributed by atoms with Gasteiger partial charge in [-0.05, 0) is 19.8 Å². The van der Waals surface area contributed by atoms with Crippen molar-refractivity contribution in [3.05, 3.63) is 4.91 Å². The highest BCUT2D eigenvalue weighted by atomic mass is 16.5. The predicted molar refractivity (Wildman–Crippen MR) is 34.7 cm³/mol. The third-order valence-electron chi connectivity index (χ3n) is 0.913. The van der Waals surface area contributed by atoms with Crippen LogP contribution in [0.25, 0.3) is 0 Å². The minimum Gasteiger partial charge on any atom is -0.366 e. The Morgan fingerprint density at radius 3 is 2.44 bits per heavy atom. The molecule has 9 heavy (non-hydrogen) atoms. The molecule has 3 nitrogen and oxygen atoms in total. The Morgan fingerprint density at radius 1 is 1.56 bits per heavy atom. The molecule has 0 saturated carbocycles. The molecule has 0 fully saturated rings. The monoisotopic (exact) mass is 127 g/mol. The standard InChI is InChI=1S/C6H9NO2/c1-6(2,9-3)4-5-7-8/h1-3H3. The van der Waals surface area contributed by atoms with Crippen LogP contribution in [-0.2, 0) is 4.74 Å². The van der Waals surface area contributed by atoms with Gasteiger partial charge in [0.15, 0.2) is 0 Å². The van der Waals surface area contributed by atoms with Crippen molar-refractivity contribution < 1.29 is 4.74 Å². The fourth-order valence-electron chi connectivity index (χ4n) is 0.208. The molecule has 0 heterocycles. The quantitative estimate of drug-likeness (QED) is 0.391. The third kappa shape index (κ3) is 3.68. The van der Waals surface area contributed by atoms with Crippen LogP contribution in [0.5, 0.6) is 0 Å². The van der Waals surface area contributed by atoms with Crippen LogP contribution < -0.4 is 0 Å². The van der Waals surface area contributed by atoms with Gasteiger partial charge in [-0.2, -0.15) is 0 Å². The molecule has 0 aromatic rings. The minimum absolute atomic E-state index is 0.562. The maximum atomic E-state index is 9.49. The molecule has 0 aromatic carbocycles. The number of ether oxygens (including phenoxy) is 1. The van der Waals surface area contributed by atoms with Crippen LogP contribution in [0.15, 0.2) is 5.18 Å². The Kier molecular flexibility index (Phi) is 2.89. The van der Waals surface area contributed by atoms with Crippen LogP contribution in [0, 0.1) is 16.9 Å². The maximum Gasteiger partial charge on any atom is 0.124 e. The first kappa shape index (κ1) is 8.12. The molecule has 0 radical (unpaired) electrons. The SMILES string of the molecule is COC(C)(C)C#CN=O. The second-order valence-electron chi connectivity index (χ2n) is 2.04. The van der Waals surface area contributed by atoms with Gasteiger partial charge in [-0.3, -0.25) is 0 Å². The number of rotatable bonds is 1. The van der Waals surface area contributed by atoms with Gasteiger partial charge in [0.05, 0.1) is 6.04 Å². The summed E-state index contributed by atoms with van der Waals surface area (Å²) < 4.78 is 4.87. The molecule has 0 aliphatic heterocycles. The van der Waals surface area contributed by atoms with Crippen LogP contribution in [0.3, 0.4) is 0 Å². The number of methoxy groups -OCH3 is 1. The molecule has 0 aliphatic rings. The van der Waals surface area contributed by atoms with Crippen LogP contribution in [-0.4, -0.2) is 12.7 Å². The number of nitrogens with zero attached hydrogens (tertiary/aromatic N) is 1. The zero-order valence-corrected chi connectivity index (χ0v) is 5.76. The fourth-order valence-corrected chi connectivity index (χ4v) is 0.208. The second-order valence-corrected chi connectivity index (χ2v) is 2.04. The van der Waals surface area contributed by atoms with Crippen molar-refractivity contribution in [3.63, 3.8) is 0 Å². The first-order chi connectivity index (χ1) is 4.12. The number of nitroso groups, excluding NO2 is 1. The third-order valence-corrected chi connectivity index (χ3v) is 0.913.